The molecule has 0 bridgehead atoms. The maximum absolute atomic E-state index is 11.2. The van der Waals surface area contributed by atoms with Crippen molar-refractivity contribution in [3.8, 4) is 0 Å². The number of nitrogens with one attached hydrogen (secondary N) is 2. The molecule has 2 N–H and O–H groups in total. The van der Waals surface area contributed by atoms with E-state index in [9.17, 15) is 14.4 Å². The maximum Gasteiger partial charge on any atom is 0.314 e. The molecule has 0 unspecified atom stereocenters. The van der Waals surface area contributed by atoms with Crippen LogP contribution in [0.15, 0.2) is 0 Å². The topological polar surface area (TPSA) is 93.7 Å². The Morgan fingerprint density at radius 2 is 1.22 bits per heavy atom. The van der Waals surface area contributed by atoms with E-state index >= 15 is 0 Å². The molecule has 7 nitrogen and oxygen atoms in total. The highest BCUT2D eigenvalue weighted by atomic mass is 16.5. The lowest BCUT2D eigenvalue weighted by Gasteiger charge is -2.06. The maximum atomic E-state index is 11.2. The Morgan fingerprint density at radius 3 is 1.56 bits per heavy atom. The van der Waals surface area contributed by atoms with Crippen molar-refractivity contribution in [2.24, 2.45) is 0 Å². The smallest absolute Gasteiger partial charge is 0.314 e. The molecule has 7 heteroatoms. The molecule has 0 radical (unpaired) electrons. The Labute approximate surface area is 106 Å². The lowest BCUT2D eigenvalue weighted by atomic mass is 10.3. The fraction of sp³-hybridized carbons (Fsp3) is 0.727. The Morgan fingerprint density at radius 1 is 0.833 bits per heavy atom. The van der Waals surface area contributed by atoms with Crippen LogP contribution in [-0.4, -0.2) is 45.3 Å². The summed E-state index contributed by atoms with van der Waals surface area (Å²) in [6.45, 7) is 0.801. The Balaban J connectivity index is 3.38. The van der Waals surface area contributed by atoms with Crippen LogP contribution >= 0.6 is 0 Å². The number of ether oxygens (including phenoxy) is 2. The Bertz CT molecular complexity index is 255. The van der Waals surface area contributed by atoms with Crippen LogP contribution in [0.3, 0.4) is 0 Å². The number of carbonyl (C=O) groups excluding carboxylic acids is 3. The van der Waals surface area contributed by atoms with Gasteiger partial charge in [-0.2, -0.15) is 0 Å². The van der Waals surface area contributed by atoms with Crippen molar-refractivity contribution in [1.82, 2.24) is 10.6 Å². The second kappa shape index (κ2) is 10.4. The number of hydrogen-bond acceptors (Lipinski definition) is 5. The highest BCUT2D eigenvalue weighted by molar-refractivity contribution is 5.74. The summed E-state index contributed by atoms with van der Waals surface area (Å²) in [6.07, 6.45) is 1.61. The summed E-state index contributed by atoms with van der Waals surface area (Å²) in [4.78, 5) is 32.7. The van der Waals surface area contributed by atoms with Crippen molar-refractivity contribution in [3.63, 3.8) is 0 Å². The van der Waals surface area contributed by atoms with Gasteiger partial charge in [-0.15, -0.1) is 0 Å². The van der Waals surface area contributed by atoms with Crippen molar-refractivity contribution >= 4 is 18.0 Å². The summed E-state index contributed by atoms with van der Waals surface area (Å²) in [5.74, 6) is -0.592. The van der Waals surface area contributed by atoms with Crippen LogP contribution in [0.5, 0.6) is 0 Å². The zero-order chi connectivity index (χ0) is 13.8. The number of carbonyl (C=O) groups is 3. The Hall–Kier alpha value is -1.79. The monoisotopic (exact) mass is 260 g/mol. The highest BCUT2D eigenvalue weighted by Gasteiger charge is 2.03. The lowest BCUT2D eigenvalue weighted by molar-refractivity contribution is -0.141. The molecule has 0 fully saturated rings. The van der Waals surface area contributed by atoms with E-state index < -0.39 is 0 Å². The molecule has 0 saturated carbocycles. The standard InChI is InChI=1S/C11H20N2O5/c1-17-9(14)5-3-7-12-11(16)13-8-4-6-10(15)18-2/h3-8H2,1-2H3,(H2,12,13,16). The third-order valence-corrected chi connectivity index (χ3v) is 2.14. The van der Waals surface area contributed by atoms with Gasteiger partial charge in [0.2, 0.25) is 0 Å². The molecule has 0 heterocycles. The fourth-order valence-corrected chi connectivity index (χ4v) is 1.14. The first-order valence-corrected chi connectivity index (χ1v) is 5.75. The van der Waals surface area contributed by atoms with Gasteiger partial charge in [-0.1, -0.05) is 0 Å². The van der Waals surface area contributed by atoms with Crippen LogP contribution in [0.4, 0.5) is 4.79 Å². The van der Waals surface area contributed by atoms with Gasteiger partial charge in [0.15, 0.2) is 0 Å². The first-order chi connectivity index (χ1) is 8.60. The molecular weight excluding hydrogens is 240 g/mol. The van der Waals surface area contributed by atoms with Crippen LogP contribution in [-0.2, 0) is 19.1 Å². The first kappa shape index (κ1) is 16.2. The second-order valence-corrected chi connectivity index (χ2v) is 3.54. The molecule has 0 atom stereocenters. The summed E-state index contributed by atoms with van der Waals surface area (Å²) in [6, 6.07) is -0.315. The van der Waals surface area contributed by atoms with Gasteiger partial charge in [0.25, 0.3) is 0 Å². The zero-order valence-electron chi connectivity index (χ0n) is 10.8. The number of urea groups is 1. The van der Waals surface area contributed by atoms with E-state index in [4.69, 9.17) is 0 Å². The third-order valence-electron chi connectivity index (χ3n) is 2.14. The van der Waals surface area contributed by atoms with Crippen molar-refractivity contribution in [3.05, 3.63) is 0 Å². The summed E-state index contributed by atoms with van der Waals surface area (Å²) in [5.41, 5.74) is 0. The summed E-state index contributed by atoms with van der Waals surface area (Å²) < 4.78 is 8.92. The van der Waals surface area contributed by atoms with E-state index in [2.05, 4.69) is 20.1 Å². The van der Waals surface area contributed by atoms with Gasteiger partial charge in [-0.3, -0.25) is 9.59 Å². The van der Waals surface area contributed by atoms with E-state index in [1.807, 2.05) is 0 Å². The van der Waals surface area contributed by atoms with E-state index in [-0.39, 0.29) is 30.8 Å². The number of hydrogen-bond donors (Lipinski definition) is 2. The minimum atomic E-state index is -0.315. The number of rotatable bonds is 8. The van der Waals surface area contributed by atoms with Crippen molar-refractivity contribution in [2.45, 2.75) is 25.7 Å². The number of methoxy groups -OCH3 is 2. The Kier molecular flexibility index (Phi) is 9.34. The van der Waals surface area contributed by atoms with Gasteiger partial charge >= 0.3 is 18.0 Å². The molecule has 0 aromatic carbocycles. The molecule has 104 valence electrons. The third kappa shape index (κ3) is 9.44. The molecule has 18 heavy (non-hydrogen) atoms. The molecule has 0 aromatic rings. The number of esters is 2. The van der Waals surface area contributed by atoms with E-state index in [1.165, 1.54) is 14.2 Å². The second-order valence-electron chi connectivity index (χ2n) is 3.54. The van der Waals surface area contributed by atoms with Crippen LogP contribution in [0.2, 0.25) is 0 Å². The largest absolute Gasteiger partial charge is 0.469 e. The molecular formula is C11H20N2O5. The number of amides is 2. The quantitative estimate of drug-likeness (QED) is 0.480. The van der Waals surface area contributed by atoms with E-state index in [0.29, 0.717) is 25.9 Å². The van der Waals surface area contributed by atoms with Crippen molar-refractivity contribution in [1.29, 1.82) is 0 Å². The fourth-order valence-electron chi connectivity index (χ4n) is 1.14. The molecule has 0 aromatic heterocycles. The summed E-state index contributed by atoms with van der Waals surface area (Å²) >= 11 is 0. The van der Waals surface area contributed by atoms with Gasteiger partial charge < -0.3 is 20.1 Å². The van der Waals surface area contributed by atoms with E-state index in [1.54, 1.807) is 0 Å². The van der Waals surface area contributed by atoms with Crippen LogP contribution in [0.1, 0.15) is 25.7 Å². The average molecular weight is 260 g/mol. The minimum absolute atomic E-state index is 0.277. The average Bonchev–Trinajstić information content (AvgIpc) is 2.38. The predicted octanol–water partition coefficient (Wildman–Crippen LogP) is 0.192. The SMILES string of the molecule is COC(=O)CCCNC(=O)NCCCC(=O)OC. The minimum Gasteiger partial charge on any atom is -0.469 e. The first-order valence-electron chi connectivity index (χ1n) is 5.75. The van der Waals surface area contributed by atoms with Crippen LogP contribution in [0.25, 0.3) is 0 Å². The van der Waals surface area contributed by atoms with Gasteiger partial charge in [0, 0.05) is 25.9 Å². The molecule has 0 aliphatic carbocycles. The van der Waals surface area contributed by atoms with Gasteiger partial charge in [-0.05, 0) is 12.8 Å². The normalized spacial score (nSPS) is 9.44. The van der Waals surface area contributed by atoms with Crippen molar-refractivity contribution < 1.29 is 23.9 Å². The van der Waals surface area contributed by atoms with Gasteiger partial charge in [-0.25, -0.2) is 4.79 Å². The molecule has 0 saturated heterocycles. The molecule has 0 aliphatic heterocycles. The lowest BCUT2D eigenvalue weighted by Crippen LogP contribution is -2.36. The van der Waals surface area contributed by atoms with Crippen LogP contribution < -0.4 is 10.6 Å². The predicted molar refractivity (Wildman–Crippen MR) is 63.9 cm³/mol. The van der Waals surface area contributed by atoms with Crippen molar-refractivity contribution in [2.75, 3.05) is 27.3 Å². The molecule has 0 aliphatic rings. The summed E-state index contributed by atoms with van der Waals surface area (Å²) in [5, 5.41) is 5.18. The molecule has 2 amide bonds. The van der Waals surface area contributed by atoms with E-state index in [0.717, 1.165) is 0 Å². The molecule has 0 spiro atoms. The van der Waals surface area contributed by atoms with Gasteiger partial charge in [0.05, 0.1) is 14.2 Å². The zero-order valence-corrected chi connectivity index (χ0v) is 10.8. The van der Waals surface area contributed by atoms with Gasteiger partial charge in [0.1, 0.15) is 0 Å². The summed E-state index contributed by atoms with van der Waals surface area (Å²) in [7, 11) is 2.65. The molecule has 0 rings (SSSR count). The highest BCUT2D eigenvalue weighted by Crippen LogP contribution is 1.91. The van der Waals surface area contributed by atoms with Crippen LogP contribution in [0, 0.1) is 0 Å².